The van der Waals surface area contributed by atoms with Crippen LogP contribution in [0.2, 0.25) is 0 Å². The minimum absolute atomic E-state index is 0.0232. The molecule has 1 aliphatic rings. The van der Waals surface area contributed by atoms with Gasteiger partial charge < -0.3 is 11.1 Å². The lowest BCUT2D eigenvalue weighted by molar-refractivity contribution is 0.0946. The number of benzene rings is 1. The van der Waals surface area contributed by atoms with Gasteiger partial charge >= 0.3 is 0 Å². The molecule has 1 atom stereocenters. The van der Waals surface area contributed by atoms with Crippen molar-refractivity contribution < 1.29 is 4.79 Å². The summed E-state index contributed by atoms with van der Waals surface area (Å²) in [7, 11) is 0. The first-order chi connectivity index (χ1) is 8.08. The highest BCUT2D eigenvalue weighted by molar-refractivity contribution is 5.96. The van der Waals surface area contributed by atoms with Gasteiger partial charge in [0.2, 0.25) is 0 Å². The number of carbonyl (C=O) groups excluding carboxylic acids is 1. The molecule has 2 rings (SSSR count). The summed E-state index contributed by atoms with van der Waals surface area (Å²) >= 11 is 0. The normalized spacial score (nSPS) is 16.6. The van der Waals surface area contributed by atoms with E-state index in [0.29, 0.717) is 5.92 Å². The molecule has 1 aliphatic heterocycles. The lowest BCUT2D eigenvalue weighted by Crippen LogP contribution is -2.32. The van der Waals surface area contributed by atoms with Crippen molar-refractivity contribution in [3.63, 3.8) is 0 Å². The zero-order valence-electron chi connectivity index (χ0n) is 10.5. The minimum atomic E-state index is 0.0232. The number of rotatable bonds is 3. The first-order valence-electron chi connectivity index (χ1n) is 6.24. The van der Waals surface area contributed by atoms with Gasteiger partial charge in [-0.25, -0.2) is 0 Å². The first kappa shape index (κ1) is 12.1. The van der Waals surface area contributed by atoms with Crippen LogP contribution in [0.15, 0.2) is 18.2 Å². The van der Waals surface area contributed by atoms with E-state index in [2.05, 4.69) is 25.2 Å². The first-order valence-corrected chi connectivity index (χ1v) is 6.24. The summed E-state index contributed by atoms with van der Waals surface area (Å²) < 4.78 is 0. The number of hydrogen-bond donors (Lipinski definition) is 2. The monoisotopic (exact) mass is 232 g/mol. The van der Waals surface area contributed by atoms with Crippen molar-refractivity contribution in [2.75, 3.05) is 6.54 Å². The van der Waals surface area contributed by atoms with Crippen LogP contribution in [-0.2, 0) is 6.42 Å². The molecule has 0 fully saturated rings. The van der Waals surface area contributed by atoms with Crippen molar-refractivity contribution in [1.29, 1.82) is 0 Å². The number of nitrogens with one attached hydrogen (secondary N) is 1. The molecule has 1 unspecified atom stereocenters. The van der Waals surface area contributed by atoms with Gasteiger partial charge in [-0.3, -0.25) is 4.79 Å². The molecule has 92 valence electrons. The average molecular weight is 232 g/mol. The topological polar surface area (TPSA) is 55.1 Å². The van der Waals surface area contributed by atoms with Crippen LogP contribution in [0, 0.1) is 5.92 Å². The molecule has 0 radical (unpaired) electrons. The highest BCUT2D eigenvalue weighted by Crippen LogP contribution is 2.23. The predicted molar refractivity (Wildman–Crippen MR) is 68.9 cm³/mol. The molecule has 3 heteroatoms. The zero-order valence-corrected chi connectivity index (χ0v) is 10.5. The Balaban J connectivity index is 2.26. The van der Waals surface area contributed by atoms with Crippen molar-refractivity contribution in [3.8, 4) is 0 Å². The Hall–Kier alpha value is -1.35. The van der Waals surface area contributed by atoms with E-state index >= 15 is 0 Å². The van der Waals surface area contributed by atoms with Gasteiger partial charge in [-0.15, -0.1) is 0 Å². The third-order valence-electron chi connectivity index (χ3n) is 3.21. The summed E-state index contributed by atoms with van der Waals surface area (Å²) in [5.74, 6) is 0.597. The maximum Gasteiger partial charge on any atom is 0.251 e. The van der Waals surface area contributed by atoms with Gasteiger partial charge in [-0.2, -0.15) is 0 Å². The van der Waals surface area contributed by atoms with Crippen LogP contribution < -0.4 is 11.1 Å². The van der Waals surface area contributed by atoms with E-state index in [1.165, 1.54) is 0 Å². The largest absolute Gasteiger partial charge is 0.352 e. The molecule has 0 bridgehead atoms. The second-order valence-corrected chi connectivity index (χ2v) is 5.16. The second-order valence-electron chi connectivity index (χ2n) is 5.16. The van der Waals surface area contributed by atoms with Gasteiger partial charge in [0.05, 0.1) is 0 Å². The van der Waals surface area contributed by atoms with Crippen molar-refractivity contribution in [2.24, 2.45) is 11.7 Å². The third kappa shape index (κ3) is 2.67. The Morgan fingerprint density at radius 1 is 1.41 bits per heavy atom. The van der Waals surface area contributed by atoms with E-state index in [9.17, 15) is 4.79 Å². The van der Waals surface area contributed by atoms with E-state index in [1.54, 1.807) is 0 Å². The second kappa shape index (κ2) is 4.88. The molecule has 0 spiro atoms. The van der Waals surface area contributed by atoms with Crippen LogP contribution in [0.25, 0.3) is 0 Å². The molecule has 1 heterocycles. The minimum Gasteiger partial charge on any atom is -0.352 e. The molecule has 0 saturated heterocycles. The lowest BCUT2D eigenvalue weighted by Gasteiger charge is -2.20. The number of hydrogen-bond acceptors (Lipinski definition) is 2. The number of nitrogens with two attached hydrogens (primary N) is 1. The van der Waals surface area contributed by atoms with Crippen molar-refractivity contribution in [2.45, 2.75) is 32.7 Å². The summed E-state index contributed by atoms with van der Waals surface area (Å²) in [6.07, 6.45) is 1.86. The van der Waals surface area contributed by atoms with Crippen molar-refractivity contribution in [3.05, 3.63) is 34.9 Å². The van der Waals surface area contributed by atoms with Crippen LogP contribution in [0.5, 0.6) is 0 Å². The Kier molecular flexibility index (Phi) is 3.48. The van der Waals surface area contributed by atoms with Crippen LogP contribution in [0.1, 0.15) is 47.8 Å². The van der Waals surface area contributed by atoms with Crippen molar-refractivity contribution >= 4 is 5.91 Å². The van der Waals surface area contributed by atoms with E-state index in [4.69, 9.17) is 5.73 Å². The standard InChI is InChI=1S/C14H20N2O/c1-9(2)7-13(15)11-4-3-10-5-6-16-14(17)12(10)8-11/h3-4,8-9,13H,5-7,15H2,1-2H3,(H,16,17). The molecular weight excluding hydrogens is 212 g/mol. The Morgan fingerprint density at radius 3 is 2.88 bits per heavy atom. The molecule has 1 aromatic rings. The number of amides is 1. The molecule has 1 aromatic carbocycles. The van der Waals surface area contributed by atoms with E-state index in [-0.39, 0.29) is 11.9 Å². The predicted octanol–water partition coefficient (Wildman–Crippen LogP) is 2.02. The van der Waals surface area contributed by atoms with Crippen LogP contribution in [-0.4, -0.2) is 12.5 Å². The van der Waals surface area contributed by atoms with Gasteiger partial charge in [-0.05, 0) is 36.0 Å². The summed E-state index contributed by atoms with van der Waals surface area (Å²) in [5.41, 5.74) is 9.14. The summed E-state index contributed by atoms with van der Waals surface area (Å²) in [5, 5.41) is 2.87. The summed E-state index contributed by atoms with van der Waals surface area (Å²) in [4.78, 5) is 11.7. The van der Waals surface area contributed by atoms with Crippen LogP contribution in [0.4, 0.5) is 0 Å². The maximum absolute atomic E-state index is 11.7. The Morgan fingerprint density at radius 2 is 2.18 bits per heavy atom. The molecule has 0 aliphatic carbocycles. The molecule has 1 amide bonds. The van der Waals surface area contributed by atoms with Crippen molar-refractivity contribution in [1.82, 2.24) is 5.32 Å². The molecule has 3 nitrogen and oxygen atoms in total. The molecule has 17 heavy (non-hydrogen) atoms. The smallest absolute Gasteiger partial charge is 0.251 e. The maximum atomic E-state index is 11.7. The quantitative estimate of drug-likeness (QED) is 0.837. The van der Waals surface area contributed by atoms with Gasteiger partial charge in [0.15, 0.2) is 0 Å². The third-order valence-corrected chi connectivity index (χ3v) is 3.21. The number of fused-ring (bicyclic) bond motifs is 1. The fourth-order valence-electron chi connectivity index (χ4n) is 2.30. The average Bonchev–Trinajstić information content (AvgIpc) is 2.28. The fraction of sp³-hybridized carbons (Fsp3) is 0.500. The molecule has 0 saturated carbocycles. The Labute approximate surface area is 102 Å². The molecular formula is C14H20N2O. The van der Waals surface area contributed by atoms with Gasteiger partial charge in [-0.1, -0.05) is 26.0 Å². The number of carbonyl (C=O) groups is 1. The summed E-state index contributed by atoms with van der Waals surface area (Å²) in [6.45, 7) is 5.05. The molecule has 3 N–H and O–H groups in total. The van der Waals surface area contributed by atoms with Gasteiger partial charge in [0.1, 0.15) is 0 Å². The van der Waals surface area contributed by atoms with Gasteiger partial charge in [0, 0.05) is 18.2 Å². The zero-order chi connectivity index (χ0) is 12.4. The van der Waals surface area contributed by atoms with E-state index in [0.717, 1.165) is 36.1 Å². The van der Waals surface area contributed by atoms with E-state index < -0.39 is 0 Å². The lowest BCUT2D eigenvalue weighted by atomic mass is 9.92. The fourth-order valence-corrected chi connectivity index (χ4v) is 2.30. The highest BCUT2D eigenvalue weighted by atomic mass is 16.1. The Bertz CT molecular complexity index is 426. The molecule has 0 aromatic heterocycles. The van der Waals surface area contributed by atoms with E-state index in [1.807, 2.05) is 12.1 Å². The SMILES string of the molecule is CC(C)CC(N)c1ccc2c(c1)C(=O)NCC2. The highest BCUT2D eigenvalue weighted by Gasteiger charge is 2.18. The van der Waals surface area contributed by atoms with Crippen LogP contribution >= 0.6 is 0 Å². The van der Waals surface area contributed by atoms with Gasteiger partial charge in [0.25, 0.3) is 5.91 Å². The van der Waals surface area contributed by atoms with Crippen LogP contribution in [0.3, 0.4) is 0 Å². The summed E-state index contributed by atoms with van der Waals surface area (Å²) in [6, 6.07) is 6.08.